The van der Waals surface area contributed by atoms with Gasteiger partial charge in [0.25, 0.3) is 0 Å². The van der Waals surface area contributed by atoms with Crippen LogP contribution in [0.15, 0.2) is 0 Å². The van der Waals surface area contributed by atoms with E-state index < -0.39 is 0 Å². The third kappa shape index (κ3) is 3.53. The van der Waals surface area contributed by atoms with Gasteiger partial charge in [0.1, 0.15) is 0 Å². The second kappa shape index (κ2) is 6.35. The number of nitrogens with two attached hydrogens (primary N) is 1. The highest BCUT2D eigenvalue weighted by atomic mass is 16.5. The first kappa shape index (κ1) is 11.9. The topological polar surface area (TPSA) is 47.7 Å². The van der Waals surface area contributed by atoms with Crippen LogP contribution in [0.4, 0.5) is 0 Å². The van der Waals surface area contributed by atoms with Crippen LogP contribution >= 0.6 is 0 Å². The SMILES string of the molecule is COCC1CCN(CC(CN)OC)C1. The third-order valence-electron chi connectivity index (χ3n) is 2.83. The second-order valence-electron chi connectivity index (χ2n) is 3.96. The molecule has 0 aromatic carbocycles. The molecule has 4 nitrogen and oxygen atoms in total. The monoisotopic (exact) mass is 202 g/mol. The zero-order valence-corrected chi connectivity index (χ0v) is 9.24. The van der Waals surface area contributed by atoms with Gasteiger partial charge in [-0.05, 0) is 18.9 Å². The van der Waals surface area contributed by atoms with Gasteiger partial charge < -0.3 is 20.1 Å². The molecule has 0 radical (unpaired) electrons. The van der Waals surface area contributed by atoms with E-state index in [4.69, 9.17) is 15.2 Å². The first-order valence-electron chi connectivity index (χ1n) is 5.24. The van der Waals surface area contributed by atoms with Gasteiger partial charge in [-0.2, -0.15) is 0 Å². The number of nitrogens with zero attached hydrogens (tertiary/aromatic N) is 1. The van der Waals surface area contributed by atoms with Crippen molar-refractivity contribution in [2.24, 2.45) is 11.7 Å². The van der Waals surface area contributed by atoms with Gasteiger partial charge in [0.15, 0.2) is 0 Å². The molecule has 0 aliphatic carbocycles. The largest absolute Gasteiger partial charge is 0.384 e. The van der Waals surface area contributed by atoms with Gasteiger partial charge in [0, 0.05) is 33.9 Å². The molecule has 0 aromatic heterocycles. The fraction of sp³-hybridized carbons (Fsp3) is 1.00. The van der Waals surface area contributed by atoms with Crippen molar-refractivity contribution in [3.05, 3.63) is 0 Å². The Morgan fingerprint density at radius 3 is 2.86 bits per heavy atom. The van der Waals surface area contributed by atoms with Gasteiger partial charge in [0.05, 0.1) is 12.7 Å². The molecule has 0 amide bonds. The number of ether oxygens (including phenoxy) is 2. The van der Waals surface area contributed by atoms with Crippen LogP contribution in [0.3, 0.4) is 0 Å². The standard InChI is InChI=1S/C10H22N2O2/c1-13-8-9-3-4-12(6-9)7-10(5-11)14-2/h9-10H,3-8,11H2,1-2H3. The summed E-state index contributed by atoms with van der Waals surface area (Å²) in [6, 6.07) is 0. The third-order valence-corrected chi connectivity index (χ3v) is 2.83. The van der Waals surface area contributed by atoms with E-state index in [0.29, 0.717) is 12.5 Å². The Morgan fingerprint density at radius 2 is 2.29 bits per heavy atom. The maximum Gasteiger partial charge on any atom is 0.0820 e. The van der Waals surface area contributed by atoms with Crippen LogP contribution in [0.2, 0.25) is 0 Å². The molecule has 1 aliphatic heterocycles. The first-order valence-corrected chi connectivity index (χ1v) is 5.24. The molecule has 84 valence electrons. The molecular formula is C10H22N2O2. The van der Waals surface area contributed by atoms with Crippen LogP contribution in [0, 0.1) is 5.92 Å². The van der Waals surface area contributed by atoms with Crippen molar-refractivity contribution in [3.63, 3.8) is 0 Å². The molecule has 14 heavy (non-hydrogen) atoms. The molecule has 2 atom stereocenters. The lowest BCUT2D eigenvalue weighted by Crippen LogP contribution is -2.36. The van der Waals surface area contributed by atoms with E-state index in [0.717, 1.165) is 26.2 Å². The second-order valence-corrected chi connectivity index (χ2v) is 3.96. The Kier molecular flexibility index (Phi) is 5.40. The van der Waals surface area contributed by atoms with Crippen molar-refractivity contribution in [1.29, 1.82) is 0 Å². The smallest absolute Gasteiger partial charge is 0.0820 e. The summed E-state index contributed by atoms with van der Waals surface area (Å²) >= 11 is 0. The molecule has 0 spiro atoms. The lowest BCUT2D eigenvalue weighted by atomic mass is 10.1. The zero-order chi connectivity index (χ0) is 10.4. The van der Waals surface area contributed by atoms with E-state index in [9.17, 15) is 0 Å². The molecular weight excluding hydrogens is 180 g/mol. The number of hydrogen-bond acceptors (Lipinski definition) is 4. The molecule has 0 bridgehead atoms. The fourth-order valence-electron chi connectivity index (χ4n) is 1.98. The number of methoxy groups -OCH3 is 2. The number of likely N-dealkylation sites (tertiary alicyclic amines) is 1. The first-order chi connectivity index (χ1) is 6.80. The summed E-state index contributed by atoms with van der Waals surface area (Å²) in [6.45, 7) is 4.69. The highest BCUT2D eigenvalue weighted by Gasteiger charge is 2.23. The minimum absolute atomic E-state index is 0.177. The van der Waals surface area contributed by atoms with Crippen molar-refractivity contribution in [3.8, 4) is 0 Å². The molecule has 2 N–H and O–H groups in total. The summed E-state index contributed by atoms with van der Waals surface area (Å²) in [6.07, 6.45) is 1.41. The average Bonchev–Trinajstić information content (AvgIpc) is 2.63. The highest BCUT2D eigenvalue weighted by molar-refractivity contribution is 4.77. The summed E-state index contributed by atoms with van der Waals surface area (Å²) in [7, 11) is 3.49. The normalized spacial score (nSPS) is 25.5. The van der Waals surface area contributed by atoms with E-state index >= 15 is 0 Å². The number of hydrogen-bond donors (Lipinski definition) is 1. The maximum absolute atomic E-state index is 5.58. The Hall–Kier alpha value is -0.160. The predicted molar refractivity (Wildman–Crippen MR) is 56.3 cm³/mol. The van der Waals surface area contributed by atoms with Crippen LogP contribution < -0.4 is 5.73 Å². The summed E-state index contributed by atoms with van der Waals surface area (Å²) < 4.78 is 10.4. The summed E-state index contributed by atoms with van der Waals surface area (Å²) in [5, 5.41) is 0. The lowest BCUT2D eigenvalue weighted by Gasteiger charge is -2.21. The van der Waals surface area contributed by atoms with Crippen LogP contribution in [0.1, 0.15) is 6.42 Å². The highest BCUT2D eigenvalue weighted by Crippen LogP contribution is 2.16. The molecule has 2 unspecified atom stereocenters. The Labute approximate surface area is 86.3 Å². The van der Waals surface area contributed by atoms with Crippen molar-refractivity contribution >= 4 is 0 Å². The van der Waals surface area contributed by atoms with E-state index in [-0.39, 0.29) is 6.10 Å². The number of rotatable bonds is 6. The minimum Gasteiger partial charge on any atom is -0.384 e. The average molecular weight is 202 g/mol. The molecule has 1 rings (SSSR count). The Bertz CT molecular complexity index is 151. The van der Waals surface area contributed by atoms with Crippen molar-refractivity contribution in [2.45, 2.75) is 12.5 Å². The Balaban J connectivity index is 2.21. The predicted octanol–water partition coefficient (Wildman–Crippen LogP) is -0.0716. The molecule has 4 heteroatoms. The molecule has 1 saturated heterocycles. The molecule has 0 aromatic rings. The van der Waals surface area contributed by atoms with E-state index in [1.165, 1.54) is 6.42 Å². The van der Waals surface area contributed by atoms with E-state index in [2.05, 4.69) is 4.90 Å². The molecule has 1 fully saturated rings. The van der Waals surface area contributed by atoms with Crippen molar-refractivity contribution in [2.75, 3.05) is 47.0 Å². The molecule has 0 saturated carbocycles. The Morgan fingerprint density at radius 1 is 1.50 bits per heavy atom. The summed E-state index contributed by atoms with van der Waals surface area (Å²) in [4.78, 5) is 2.41. The summed E-state index contributed by atoms with van der Waals surface area (Å²) in [5.74, 6) is 0.690. The van der Waals surface area contributed by atoms with Crippen molar-refractivity contribution in [1.82, 2.24) is 4.90 Å². The van der Waals surface area contributed by atoms with Crippen LogP contribution in [-0.2, 0) is 9.47 Å². The van der Waals surface area contributed by atoms with Crippen LogP contribution in [-0.4, -0.2) is 58.0 Å². The van der Waals surface area contributed by atoms with Gasteiger partial charge in [-0.3, -0.25) is 0 Å². The van der Waals surface area contributed by atoms with Crippen LogP contribution in [0.5, 0.6) is 0 Å². The van der Waals surface area contributed by atoms with E-state index in [1.807, 2.05) is 0 Å². The van der Waals surface area contributed by atoms with E-state index in [1.54, 1.807) is 14.2 Å². The molecule has 1 aliphatic rings. The fourth-order valence-corrected chi connectivity index (χ4v) is 1.98. The molecule has 1 heterocycles. The van der Waals surface area contributed by atoms with Crippen LogP contribution in [0.25, 0.3) is 0 Å². The van der Waals surface area contributed by atoms with Gasteiger partial charge >= 0.3 is 0 Å². The minimum atomic E-state index is 0.177. The zero-order valence-electron chi connectivity index (χ0n) is 9.24. The maximum atomic E-state index is 5.58. The van der Waals surface area contributed by atoms with Gasteiger partial charge in [-0.1, -0.05) is 0 Å². The summed E-state index contributed by atoms with van der Waals surface area (Å²) in [5.41, 5.74) is 5.58. The van der Waals surface area contributed by atoms with Gasteiger partial charge in [-0.15, -0.1) is 0 Å². The van der Waals surface area contributed by atoms with Gasteiger partial charge in [-0.25, -0.2) is 0 Å². The quantitative estimate of drug-likeness (QED) is 0.655. The lowest BCUT2D eigenvalue weighted by molar-refractivity contribution is 0.0740. The van der Waals surface area contributed by atoms with Crippen molar-refractivity contribution < 1.29 is 9.47 Å². The van der Waals surface area contributed by atoms with Gasteiger partial charge in [0.2, 0.25) is 0 Å².